The number of hydrogen-bond donors (Lipinski definition) is 1. The largest absolute Gasteiger partial charge is 0.368 e. The molecule has 0 aromatic heterocycles. The third kappa shape index (κ3) is 2.09. The monoisotopic (exact) mass is 218 g/mol. The SMILES string of the molecule is Cc1cc(C)c(N2CCNCC2)c(C=O)c1. The maximum Gasteiger partial charge on any atom is 0.152 e. The highest BCUT2D eigenvalue weighted by molar-refractivity contribution is 5.86. The van der Waals surface area contributed by atoms with Crippen LogP contribution in [0, 0.1) is 13.8 Å². The molecule has 0 saturated carbocycles. The first kappa shape index (κ1) is 11.1. The van der Waals surface area contributed by atoms with Gasteiger partial charge < -0.3 is 10.2 Å². The lowest BCUT2D eigenvalue weighted by molar-refractivity contribution is 0.112. The molecule has 1 N–H and O–H groups in total. The molecule has 0 aliphatic carbocycles. The molecule has 1 aromatic carbocycles. The number of carbonyl (C=O) groups is 1. The minimum Gasteiger partial charge on any atom is -0.368 e. The van der Waals surface area contributed by atoms with E-state index in [4.69, 9.17) is 0 Å². The average molecular weight is 218 g/mol. The van der Waals surface area contributed by atoms with Gasteiger partial charge in [0.25, 0.3) is 0 Å². The maximum absolute atomic E-state index is 11.1. The van der Waals surface area contributed by atoms with Crippen molar-refractivity contribution in [1.29, 1.82) is 0 Å². The Kier molecular flexibility index (Phi) is 3.25. The van der Waals surface area contributed by atoms with E-state index in [1.807, 2.05) is 13.0 Å². The minimum atomic E-state index is 0.819. The second-order valence-corrected chi connectivity index (χ2v) is 4.37. The molecule has 1 aromatic rings. The summed E-state index contributed by atoms with van der Waals surface area (Å²) in [4.78, 5) is 13.4. The number of piperazine rings is 1. The number of carbonyl (C=O) groups excluding carboxylic acids is 1. The molecule has 0 bridgehead atoms. The van der Waals surface area contributed by atoms with Crippen molar-refractivity contribution in [3.05, 3.63) is 28.8 Å². The van der Waals surface area contributed by atoms with Gasteiger partial charge in [0.05, 0.1) is 5.69 Å². The quantitative estimate of drug-likeness (QED) is 0.764. The van der Waals surface area contributed by atoms with E-state index in [2.05, 4.69) is 23.2 Å². The van der Waals surface area contributed by atoms with E-state index in [0.29, 0.717) is 0 Å². The molecule has 1 heterocycles. The van der Waals surface area contributed by atoms with Gasteiger partial charge in [0.2, 0.25) is 0 Å². The summed E-state index contributed by atoms with van der Waals surface area (Å²) in [6.07, 6.45) is 0.970. The van der Waals surface area contributed by atoms with Crippen LogP contribution in [-0.4, -0.2) is 32.5 Å². The van der Waals surface area contributed by atoms with Gasteiger partial charge in [-0.25, -0.2) is 0 Å². The summed E-state index contributed by atoms with van der Waals surface area (Å²) in [5.41, 5.74) is 4.28. The third-order valence-electron chi connectivity index (χ3n) is 3.03. The molecule has 1 aliphatic heterocycles. The van der Waals surface area contributed by atoms with E-state index < -0.39 is 0 Å². The lowest BCUT2D eigenvalue weighted by atomic mass is 10.0. The third-order valence-corrected chi connectivity index (χ3v) is 3.03. The first-order valence-electron chi connectivity index (χ1n) is 5.74. The van der Waals surface area contributed by atoms with Crippen LogP contribution in [0.15, 0.2) is 12.1 Å². The lowest BCUT2D eigenvalue weighted by Gasteiger charge is -2.31. The molecule has 0 atom stereocenters. The molecule has 0 spiro atoms. The highest BCUT2D eigenvalue weighted by Crippen LogP contribution is 2.25. The smallest absolute Gasteiger partial charge is 0.152 e. The van der Waals surface area contributed by atoms with Crippen molar-refractivity contribution >= 4 is 12.0 Å². The number of benzene rings is 1. The van der Waals surface area contributed by atoms with Crippen molar-refractivity contribution in [3.8, 4) is 0 Å². The molecule has 2 rings (SSSR count). The summed E-state index contributed by atoms with van der Waals surface area (Å²) in [6.45, 7) is 8.05. The van der Waals surface area contributed by atoms with Crippen molar-refractivity contribution in [2.24, 2.45) is 0 Å². The van der Waals surface area contributed by atoms with Crippen molar-refractivity contribution < 1.29 is 4.79 Å². The van der Waals surface area contributed by atoms with Crippen LogP contribution in [0.4, 0.5) is 5.69 Å². The number of aldehydes is 1. The average Bonchev–Trinajstić information content (AvgIpc) is 2.29. The molecule has 1 fully saturated rings. The number of anilines is 1. The standard InChI is InChI=1S/C13H18N2O/c1-10-7-11(2)13(12(8-10)9-16)15-5-3-14-4-6-15/h7-9,14H,3-6H2,1-2H3. The maximum atomic E-state index is 11.1. The van der Waals surface area contributed by atoms with Crippen LogP contribution in [-0.2, 0) is 0 Å². The first-order chi connectivity index (χ1) is 7.72. The Hall–Kier alpha value is -1.35. The van der Waals surface area contributed by atoms with Gasteiger partial charge in [0.15, 0.2) is 6.29 Å². The molecular formula is C13H18N2O. The number of aryl methyl sites for hydroxylation is 2. The zero-order chi connectivity index (χ0) is 11.5. The van der Waals surface area contributed by atoms with E-state index >= 15 is 0 Å². The van der Waals surface area contributed by atoms with Crippen LogP contribution in [0.3, 0.4) is 0 Å². The Morgan fingerprint density at radius 3 is 2.56 bits per heavy atom. The number of hydrogen-bond acceptors (Lipinski definition) is 3. The molecule has 3 nitrogen and oxygen atoms in total. The highest BCUT2D eigenvalue weighted by atomic mass is 16.1. The fraction of sp³-hybridized carbons (Fsp3) is 0.462. The van der Waals surface area contributed by atoms with Crippen molar-refractivity contribution in [2.45, 2.75) is 13.8 Å². The fourth-order valence-corrected chi connectivity index (χ4v) is 2.40. The van der Waals surface area contributed by atoms with Crippen LogP contribution in [0.2, 0.25) is 0 Å². The van der Waals surface area contributed by atoms with Crippen molar-refractivity contribution in [1.82, 2.24) is 5.32 Å². The summed E-state index contributed by atoms with van der Waals surface area (Å²) in [5, 5.41) is 3.32. The van der Waals surface area contributed by atoms with Crippen LogP contribution >= 0.6 is 0 Å². The molecule has 3 heteroatoms. The van der Waals surface area contributed by atoms with Crippen LogP contribution in [0.1, 0.15) is 21.5 Å². The number of nitrogens with zero attached hydrogens (tertiary/aromatic N) is 1. The molecule has 0 unspecified atom stereocenters. The zero-order valence-corrected chi connectivity index (χ0v) is 9.92. The predicted molar refractivity (Wildman–Crippen MR) is 66.4 cm³/mol. The Morgan fingerprint density at radius 2 is 1.94 bits per heavy atom. The van der Waals surface area contributed by atoms with E-state index in [1.54, 1.807) is 0 Å². The molecule has 1 aliphatic rings. The van der Waals surface area contributed by atoms with Gasteiger partial charge in [0.1, 0.15) is 0 Å². The summed E-state index contributed by atoms with van der Waals surface area (Å²) in [5.74, 6) is 0. The van der Waals surface area contributed by atoms with Gasteiger partial charge in [-0.1, -0.05) is 11.6 Å². The fourth-order valence-electron chi connectivity index (χ4n) is 2.40. The summed E-state index contributed by atoms with van der Waals surface area (Å²) < 4.78 is 0. The van der Waals surface area contributed by atoms with E-state index in [9.17, 15) is 4.79 Å². The van der Waals surface area contributed by atoms with E-state index in [-0.39, 0.29) is 0 Å². The molecular weight excluding hydrogens is 200 g/mol. The summed E-state index contributed by atoms with van der Waals surface area (Å²) >= 11 is 0. The minimum absolute atomic E-state index is 0.819. The predicted octanol–water partition coefficient (Wildman–Crippen LogP) is 1.53. The van der Waals surface area contributed by atoms with Crippen molar-refractivity contribution in [2.75, 3.05) is 31.1 Å². The second-order valence-electron chi connectivity index (χ2n) is 4.37. The molecule has 0 radical (unpaired) electrons. The van der Waals surface area contributed by atoms with Gasteiger partial charge in [-0.3, -0.25) is 4.79 Å². The van der Waals surface area contributed by atoms with Crippen LogP contribution in [0.5, 0.6) is 0 Å². The zero-order valence-electron chi connectivity index (χ0n) is 9.92. The summed E-state index contributed by atoms with van der Waals surface area (Å²) in [7, 11) is 0. The summed E-state index contributed by atoms with van der Waals surface area (Å²) in [6, 6.07) is 4.11. The molecule has 16 heavy (non-hydrogen) atoms. The normalized spacial score (nSPS) is 16.2. The van der Waals surface area contributed by atoms with Gasteiger partial charge in [-0.05, 0) is 25.5 Å². The Bertz CT molecular complexity index is 395. The van der Waals surface area contributed by atoms with Crippen LogP contribution in [0.25, 0.3) is 0 Å². The van der Waals surface area contributed by atoms with Gasteiger partial charge in [-0.15, -0.1) is 0 Å². The highest BCUT2D eigenvalue weighted by Gasteiger charge is 2.16. The van der Waals surface area contributed by atoms with E-state index in [1.165, 1.54) is 5.56 Å². The van der Waals surface area contributed by atoms with E-state index in [0.717, 1.165) is 49.3 Å². The lowest BCUT2D eigenvalue weighted by Crippen LogP contribution is -2.44. The van der Waals surface area contributed by atoms with Crippen molar-refractivity contribution in [3.63, 3.8) is 0 Å². The number of rotatable bonds is 2. The first-order valence-corrected chi connectivity index (χ1v) is 5.74. The second kappa shape index (κ2) is 4.66. The Balaban J connectivity index is 2.41. The topological polar surface area (TPSA) is 32.3 Å². The Labute approximate surface area is 96.5 Å². The molecule has 0 amide bonds. The Morgan fingerprint density at radius 1 is 1.25 bits per heavy atom. The van der Waals surface area contributed by atoms with Gasteiger partial charge in [-0.2, -0.15) is 0 Å². The molecule has 86 valence electrons. The van der Waals surface area contributed by atoms with Gasteiger partial charge >= 0.3 is 0 Å². The molecule has 1 saturated heterocycles. The van der Waals surface area contributed by atoms with Crippen LogP contribution < -0.4 is 10.2 Å². The number of nitrogens with one attached hydrogen (secondary N) is 1. The van der Waals surface area contributed by atoms with Gasteiger partial charge in [0, 0.05) is 31.7 Å².